The number of aliphatic hydroxyl groups is 1. The van der Waals surface area contributed by atoms with E-state index in [1.807, 2.05) is 0 Å². The first-order valence-electron chi connectivity index (χ1n) is 4.66. The Morgan fingerprint density at radius 2 is 2.24 bits per heavy atom. The number of aromatic carboxylic acids is 1. The monoisotopic (exact) mass is 237 g/mol. The lowest BCUT2D eigenvalue weighted by Gasteiger charge is -2.08. The number of carboxylic acids is 1. The van der Waals surface area contributed by atoms with Crippen LogP contribution in [0.5, 0.6) is 0 Å². The number of nitrogens with zero attached hydrogens (tertiary/aromatic N) is 3. The second-order valence-corrected chi connectivity index (χ2v) is 3.24. The fourth-order valence-corrected chi connectivity index (χ4v) is 1.46. The van der Waals surface area contributed by atoms with E-state index in [0.29, 0.717) is 0 Å². The quantitative estimate of drug-likeness (QED) is 0.815. The molecule has 0 fully saturated rings. The summed E-state index contributed by atoms with van der Waals surface area (Å²) in [4.78, 5) is 11.0. The first-order chi connectivity index (χ1) is 8.13. The second kappa shape index (κ2) is 4.30. The number of hydrogen-bond donors (Lipinski definition) is 2. The van der Waals surface area contributed by atoms with E-state index in [-0.39, 0.29) is 17.1 Å². The third-order valence-corrected chi connectivity index (χ3v) is 2.21. The minimum absolute atomic E-state index is 0.180. The summed E-state index contributed by atoms with van der Waals surface area (Å²) >= 11 is 0. The summed E-state index contributed by atoms with van der Waals surface area (Å²) in [5.74, 6) is -1.74. The Bertz CT molecular complexity index is 568. The zero-order chi connectivity index (χ0) is 12.4. The summed E-state index contributed by atoms with van der Waals surface area (Å²) < 4.78 is 14.3. The van der Waals surface area contributed by atoms with Gasteiger partial charge in [-0.25, -0.2) is 9.18 Å². The van der Waals surface area contributed by atoms with Crippen molar-refractivity contribution in [3.05, 3.63) is 41.7 Å². The first kappa shape index (κ1) is 11.2. The fraction of sp³-hybridized carbons (Fsp3) is 0.100. The van der Waals surface area contributed by atoms with Gasteiger partial charge in [0.2, 0.25) is 0 Å². The molecule has 0 unspecified atom stereocenters. The van der Waals surface area contributed by atoms with Crippen molar-refractivity contribution in [3.8, 4) is 5.69 Å². The molecule has 0 saturated heterocycles. The lowest BCUT2D eigenvalue weighted by molar-refractivity contribution is 0.0696. The van der Waals surface area contributed by atoms with Crippen LogP contribution in [-0.2, 0) is 6.61 Å². The maximum absolute atomic E-state index is 13.0. The summed E-state index contributed by atoms with van der Waals surface area (Å²) in [7, 11) is 0. The van der Waals surface area contributed by atoms with Crippen LogP contribution in [0.3, 0.4) is 0 Å². The van der Waals surface area contributed by atoms with Gasteiger partial charge >= 0.3 is 5.97 Å². The van der Waals surface area contributed by atoms with E-state index in [4.69, 9.17) is 10.2 Å². The molecule has 0 spiro atoms. The SMILES string of the molecule is O=C(O)c1cc(F)ccc1-n1cnnc1CO. The van der Waals surface area contributed by atoms with Crippen LogP contribution in [0.15, 0.2) is 24.5 Å². The molecule has 1 aromatic heterocycles. The van der Waals surface area contributed by atoms with Crippen LogP contribution < -0.4 is 0 Å². The number of carbonyl (C=O) groups is 1. The van der Waals surface area contributed by atoms with Crippen LogP contribution in [0.4, 0.5) is 4.39 Å². The predicted molar refractivity (Wildman–Crippen MR) is 54.2 cm³/mol. The Hall–Kier alpha value is -2.28. The van der Waals surface area contributed by atoms with E-state index < -0.39 is 18.4 Å². The third kappa shape index (κ3) is 2.00. The van der Waals surface area contributed by atoms with Crippen LogP contribution in [0, 0.1) is 5.82 Å². The normalized spacial score (nSPS) is 10.5. The van der Waals surface area contributed by atoms with Crippen molar-refractivity contribution in [1.82, 2.24) is 14.8 Å². The van der Waals surface area contributed by atoms with Gasteiger partial charge in [-0.05, 0) is 18.2 Å². The lowest BCUT2D eigenvalue weighted by Crippen LogP contribution is -2.08. The van der Waals surface area contributed by atoms with Gasteiger partial charge in [-0.2, -0.15) is 0 Å². The second-order valence-electron chi connectivity index (χ2n) is 3.24. The van der Waals surface area contributed by atoms with Gasteiger partial charge < -0.3 is 10.2 Å². The number of carboxylic acid groups (broad SMARTS) is 1. The molecule has 2 rings (SSSR count). The molecule has 7 heteroatoms. The highest BCUT2D eigenvalue weighted by Gasteiger charge is 2.15. The molecule has 0 bridgehead atoms. The van der Waals surface area contributed by atoms with E-state index in [1.54, 1.807) is 0 Å². The third-order valence-electron chi connectivity index (χ3n) is 2.21. The molecular formula is C10H8FN3O3. The van der Waals surface area contributed by atoms with E-state index in [2.05, 4.69) is 10.2 Å². The molecule has 6 nitrogen and oxygen atoms in total. The van der Waals surface area contributed by atoms with Gasteiger partial charge in [0.05, 0.1) is 11.3 Å². The molecule has 1 heterocycles. The van der Waals surface area contributed by atoms with Crippen LogP contribution in [0.25, 0.3) is 5.69 Å². The molecule has 0 amide bonds. The van der Waals surface area contributed by atoms with Crippen molar-refractivity contribution in [2.24, 2.45) is 0 Å². The highest BCUT2D eigenvalue weighted by molar-refractivity contribution is 5.92. The smallest absolute Gasteiger partial charge is 0.337 e. The maximum atomic E-state index is 13.0. The lowest BCUT2D eigenvalue weighted by atomic mass is 10.1. The van der Waals surface area contributed by atoms with Crippen molar-refractivity contribution in [1.29, 1.82) is 0 Å². The average Bonchev–Trinajstić information content (AvgIpc) is 2.76. The molecule has 88 valence electrons. The minimum atomic E-state index is -1.27. The molecule has 0 atom stereocenters. The van der Waals surface area contributed by atoms with Crippen LogP contribution in [-0.4, -0.2) is 30.9 Å². The molecule has 1 aromatic carbocycles. The summed E-state index contributed by atoms with van der Waals surface area (Å²) in [6.07, 6.45) is 1.26. The molecule has 0 aliphatic heterocycles. The van der Waals surface area contributed by atoms with E-state index >= 15 is 0 Å². The van der Waals surface area contributed by atoms with Gasteiger partial charge in [-0.15, -0.1) is 10.2 Å². The molecule has 2 N–H and O–H groups in total. The first-order valence-corrected chi connectivity index (χ1v) is 4.66. The van der Waals surface area contributed by atoms with Gasteiger partial charge in [0.25, 0.3) is 0 Å². The average molecular weight is 237 g/mol. The summed E-state index contributed by atoms with van der Waals surface area (Å²) in [6, 6.07) is 3.32. The molecule has 0 aliphatic carbocycles. The Balaban J connectivity index is 2.63. The zero-order valence-electron chi connectivity index (χ0n) is 8.54. The van der Waals surface area contributed by atoms with Crippen molar-refractivity contribution in [3.63, 3.8) is 0 Å². The van der Waals surface area contributed by atoms with Crippen LogP contribution in [0.2, 0.25) is 0 Å². The van der Waals surface area contributed by atoms with E-state index in [0.717, 1.165) is 12.1 Å². The van der Waals surface area contributed by atoms with Crippen molar-refractivity contribution < 1.29 is 19.4 Å². The highest BCUT2D eigenvalue weighted by atomic mass is 19.1. The molecular weight excluding hydrogens is 229 g/mol. The largest absolute Gasteiger partial charge is 0.478 e. The van der Waals surface area contributed by atoms with Crippen LogP contribution in [0.1, 0.15) is 16.2 Å². The summed E-state index contributed by atoms with van der Waals surface area (Å²) in [5, 5.41) is 25.1. The molecule has 17 heavy (non-hydrogen) atoms. The number of benzene rings is 1. The standard InChI is InChI=1S/C10H8FN3O3/c11-6-1-2-8(7(3-6)10(16)17)14-5-12-13-9(14)4-15/h1-3,5,15H,4H2,(H,16,17). The Morgan fingerprint density at radius 1 is 1.47 bits per heavy atom. The summed E-state index contributed by atoms with van der Waals surface area (Å²) in [5.41, 5.74) is -0.0209. The predicted octanol–water partition coefficient (Wildman–Crippen LogP) is 0.597. The molecule has 2 aromatic rings. The summed E-state index contributed by atoms with van der Waals surface area (Å²) in [6.45, 7) is -0.392. The van der Waals surface area contributed by atoms with Gasteiger partial charge in [0.15, 0.2) is 5.82 Å². The fourth-order valence-electron chi connectivity index (χ4n) is 1.46. The van der Waals surface area contributed by atoms with Gasteiger partial charge in [-0.3, -0.25) is 4.57 Å². The molecule has 0 radical (unpaired) electrons. The number of rotatable bonds is 3. The van der Waals surface area contributed by atoms with Gasteiger partial charge in [-0.1, -0.05) is 0 Å². The number of hydrogen-bond acceptors (Lipinski definition) is 4. The number of halogens is 1. The molecule has 0 aliphatic rings. The Labute approximate surface area is 95.0 Å². The van der Waals surface area contributed by atoms with Crippen molar-refractivity contribution in [2.75, 3.05) is 0 Å². The van der Waals surface area contributed by atoms with Gasteiger partial charge in [0.1, 0.15) is 18.8 Å². The van der Waals surface area contributed by atoms with E-state index in [9.17, 15) is 9.18 Å². The number of aromatic nitrogens is 3. The van der Waals surface area contributed by atoms with Crippen molar-refractivity contribution in [2.45, 2.75) is 6.61 Å². The topological polar surface area (TPSA) is 88.2 Å². The van der Waals surface area contributed by atoms with Gasteiger partial charge in [0, 0.05) is 0 Å². The Morgan fingerprint density at radius 3 is 2.88 bits per heavy atom. The van der Waals surface area contributed by atoms with E-state index in [1.165, 1.54) is 17.0 Å². The minimum Gasteiger partial charge on any atom is -0.478 e. The number of aliphatic hydroxyl groups excluding tert-OH is 1. The Kier molecular flexibility index (Phi) is 2.84. The van der Waals surface area contributed by atoms with Crippen LogP contribution >= 0.6 is 0 Å². The maximum Gasteiger partial charge on any atom is 0.337 e. The highest BCUT2D eigenvalue weighted by Crippen LogP contribution is 2.17. The zero-order valence-corrected chi connectivity index (χ0v) is 8.54. The van der Waals surface area contributed by atoms with Crippen molar-refractivity contribution >= 4 is 5.97 Å². The molecule has 0 saturated carbocycles.